The van der Waals surface area contributed by atoms with Gasteiger partial charge in [0.05, 0.1) is 18.2 Å². The molecule has 0 radical (unpaired) electrons. The molecule has 0 aromatic rings. The standard InChI is InChI=1S/C32H45N3O2/c1-27(2)10-12-32(35-15-14-33)13-11-31(7)25(21(32)18-27)22(36)16-24-29(5)17-20(19-34)26(37)28(3,4)23(29)8-9-30(24,31)6/h17,21,23-25,35H,8-13,15-16,18H2,1-7H3/t21-,23-,24+,25-,29-,30+,31+,32-/m0/s1. The summed E-state index contributed by atoms with van der Waals surface area (Å²) >= 11 is 0. The largest absolute Gasteiger partial charge is 0.299 e. The maximum absolute atomic E-state index is 14.5. The number of carbonyl (C=O) groups excluding carboxylic acids is 2. The third-order valence-corrected chi connectivity index (χ3v) is 13.0. The number of allylic oxidation sites excluding steroid dienone is 2. The smallest absolute Gasteiger partial charge is 0.178 e. The number of carbonyl (C=O) groups is 2. The molecule has 0 aliphatic heterocycles. The molecule has 0 bridgehead atoms. The van der Waals surface area contributed by atoms with Crippen molar-refractivity contribution >= 4 is 11.6 Å². The Morgan fingerprint density at radius 2 is 1.59 bits per heavy atom. The first-order valence-corrected chi connectivity index (χ1v) is 14.4. The SMILES string of the molecule is CC1(C)CC[C@]2(NCC#N)CC[C@]3(C)[C@H](C(=O)C[C@@H]4[C@@]5(C)C=C(C#N)C(=O)C(C)(C)[C@@H]5CC[C@]43C)[C@@H]2C1. The van der Waals surface area contributed by atoms with Crippen molar-refractivity contribution < 1.29 is 9.59 Å². The fourth-order valence-corrected chi connectivity index (χ4v) is 10.8. The number of ketones is 2. The molecule has 4 fully saturated rings. The van der Waals surface area contributed by atoms with Crippen molar-refractivity contribution in [2.24, 2.45) is 50.7 Å². The number of nitriles is 2. The van der Waals surface area contributed by atoms with E-state index in [1.54, 1.807) is 0 Å². The molecule has 0 aromatic heterocycles. The minimum atomic E-state index is -0.604. The number of rotatable bonds is 2. The quantitative estimate of drug-likeness (QED) is 0.456. The normalized spacial score (nSPS) is 47.8. The summed E-state index contributed by atoms with van der Waals surface area (Å²) in [5.74, 6) is 0.783. The monoisotopic (exact) mass is 503 g/mol. The molecule has 0 saturated heterocycles. The molecule has 0 unspecified atom stereocenters. The first kappa shape index (κ1) is 26.6. The molecular formula is C32H45N3O2. The maximum atomic E-state index is 14.5. The Morgan fingerprint density at radius 3 is 2.24 bits per heavy atom. The van der Waals surface area contributed by atoms with Crippen molar-refractivity contribution in [2.45, 2.75) is 105 Å². The lowest BCUT2D eigenvalue weighted by Gasteiger charge is -2.72. The number of hydrogen-bond donors (Lipinski definition) is 1. The van der Waals surface area contributed by atoms with Crippen LogP contribution in [-0.4, -0.2) is 23.7 Å². The first-order valence-electron chi connectivity index (χ1n) is 14.4. The van der Waals surface area contributed by atoms with Gasteiger partial charge in [0.2, 0.25) is 0 Å². The number of nitrogens with one attached hydrogen (secondary N) is 1. The van der Waals surface area contributed by atoms with Crippen molar-refractivity contribution in [3.63, 3.8) is 0 Å². The highest BCUT2D eigenvalue weighted by atomic mass is 16.1. The highest BCUT2D eigenvalue weighted by molar-refractivity contribution is 6.04. The molecular weight excluding hydrogens is 458 g/mol. The molecule has 1 N–H and O–H groups in total. The average Bonchev–Trinajstić information content (AvgIpc) is 2.82. The van der Waals surface area contributed by atoms with Gasteiger partial charge >= 0.3 is 0 Å². The van der Waals surface area contributed by atoms with Gasteiger partial charge in [0.25, 0.3) is 0 Å². The topological polar surface area (TPSA) is 93.8 Å². The summed E-state index contributed by atoms with van der Waals surface area (Å²) in [6.45, 7) is 16.1. The molecule has 37 heavy (non-hydrogen) atoms. The zero-order valence-electron chi connectivity index (χ0n) is 24.0. The van der Waals surface area contributed by atoms with Gasteiger partial charge in [0, 0.05) is 23.3 Å². The summed E-state index contributed by atoms with van der Waals surface area (Å²) in [5.41, 5.74) is -0.851. The molecule has 0 spiro atoms. The third kappa shape index (κ3) is 3.35. The fourth-order valence-electron chi connectivity index (χ4n) is 10.8. The molecule has 8 atom stereocenters. The van der Waals surface area contributed by atoms with Gasteiger partial charge < -0.3 is 0 Å². The van der Waals surface area contributed by atoms with Crippen LogP contribution < -0.4 is 5.32 Å². The average molecular weight is 504 g/mol. The van der Waals surface area contributed by atoms with Gasteiger partial charge in [-0.25, -0.2) is 0 Å². The maximum Gasteiger partial charge on any atom is 0.178 e. The molecule has 5 heteroatoms. The van der Waals surface area contributed by atoms with Crippen LogP contribution in [0.15, 0.2) is 11.6 Å². The second-order valence-electron chi connectivity index (χ2n) is 15.4. The van der Waals surface area contributed by atoms with Crippen LogP contribution >= 0.6 is 0 Å². The molecule has 5 aliphatic carbocycles. The second-order valence-corrected chi connectivity index (χ2v) is 15.4. The molecule has 200 valence electrons. The van der Waals surface area contributed by atoms with Gasteiger partial charge in [-0.15, -0.1) is 0 Å². The van der Waals surface area contributed by atoms with E-state index < -0.39 is 5.41 Å². The van der Waals surface area contributed by atoms with E-state index in [0.29, 0.717) is 18.7 Å². The summed E-state index contributed by atoms with van der Waals surface area (Å²) in [5, 5.41) is 23.0. The van der Waals surface area contributed by atoms with Crippen LogP contribution in [0, 0.1) is 73.4 Å². The zero-order chi connectivity index (χ0) is 27.2. The first-order chi connectivity index (χ1) is 17.1. The Morgan fingerprint density at radius 1 is 0.919 bits per heavy atom. The van der Waals surface area contributed by atoms with E-state index in [1.807, 2.05) is 19.9 Å². The highest BCUT2D eigenvalue weighted by Crippen LogP contribution is 2.74. The van der Waals surface area contributed by atoms with Crippen LogP contribution in [0.5, 0.6) is 0 Å². The number of Topliss-reactive ketones (excluding diaryl/α,β-unsaturated/α-hetero) is 2. The van der Waals surface area contributed by atoms with E-state index in [2.05, 4.69) is 52.1 Å². The summed E-state index contributed by atoms with van der Waals surface area (Å²) in [6.07, 6.45) is 9.59. The number of nitrogens with zero attached hydrogens (tertiary/aromatic N) is 2. The lowest BCUT2D eigenvalue weighted by molar-refractivity contribution is -0.215. The van der Waals surface area contributed by atoms with E-state index in [-0.39, 0.29) is 62.2 Å². The molecule has 5 aliphatic rings. The van der Waals surface area contributed by atoms with Crippen LogP contribution in [0.25, 0.3) is 0 Å². The minimum Gasteiger partial charge on any atom is -0.299 e. The predicted molar refractivity (Wildman–Crippen MR) is 143 cm³/mol. The lowest BCUT2D eigenvalue weighted by Crippen LogP contribution is -2.71. The molecule has 5 rings (SSSR count). The number of hydrogen-bond acceptors (Lipinski definition) is 5. The Labute approximate surface area is 223 Å². The minimum absolute atomic E-state index is 0.0222. The number of fused-ring (bicyclic) bond motifs is 7. The summed E-state index contributed by atoms with van der Waals surface area (Å²) < 4.78 is 0. The van der Waals surface area contributed by atoms with E-state index in [0.717, 1.165) is 44.9 Å². The van der Waals surface area contributed by atoms with Gasteiger partial charge in [0.15, 0.2) is 5.78 Å². The predicted octanol–water partition coefficient (Wildman–Crippen LogP) is 6.15. The Bertz CT molecular complexity index is 1150. The van der Waals surface area contributed by atoms with Crippen molar-refractivity contribution in [1.29, 1.82) is 10.5 Å². The molecule has 0 aromatic carbocycles. The van der Waals surface area contributed by atoms with E-state index in [9.17, 15) is 20.1 Å². The summed E-state index contributed by atoms with van der Waals surface area (Å²) in [6, 6.07) is 4.53. The van der Waals surface area contributed by atoms with Gasteiger partial charge in [-0.3, -0.25) is 14.9 Å². The van der Waals surface area contributed by atoms with E-state index in [4.69, 9.17) is 0 Å². The molecule has 4 saturated carbocycles. The summed E-state index contributed by atoms with van der Waals surface area (Å²) in [4.78, 5) is 27.7. The zero-order valence-corrected chi connectivity index (χ0v) is 24.0. The van der Waals surface area contributed by atoms with Gasteiger partial charge in [0.1, 0.15) is 11.9 Å². The summed E-state index contributed by atoms with van der Waals surface area (Å²) in [7, 11) is 0. The lowest BCUT2D eigenvalue weighted by atomic mass is 9.32. The van der Waals surface area contributed by atoms with Crippen LogP contribution in [0.3, 0.4) is 0 Å². The Hall–Kier alpha value is -1.98. The Balaban J connectivity index is 1.62. The van der Waals surface area contributed by atoms with Gasteiger partial charge in [-0.1, -0.05) is 54.5 Å². The van der Waals surface area contributed by atoms with Gasteiger partial charge in [-0.05, 0) is 84.4 Å². The highest BCUT2D eigenvalue weighted by Gasteiger charge is 2.72. The third-order valence-electron chi connectivity index (χ3n) is 13.0. The second kappa shape index (κ2) is 8.02. The molecule has 0 heterocycles. The van der Waals surface area contributed by atoms with Crippen molar-refractivity contribution in [3.8, 4) is 12.1 Å². The Kier molecular flexibility index (Phi) is 5.77. The van der Waals surface area contributed by atoms with Crippen LogP contribution in [0.1, 0.15) is 99.8 Å². The fraction of sp³-hybridized carbons (Fsp3) is 0.812. The van der Waals surface area contributed by atoms with Crippen LogP contribution in [0.2, 0.25) is 0 Å². The van der Waals surface area contributed by atoms with Crippen molar-refractivity contribution in [2.75, 3.05) is 6.54 Å². The van der Waals surface area contributed by atoms with Crippen LogP contribution in [0.4, 0.5) is 0 Å². The van der Waals surface area contributed by atoms with E-state index in [1.165, 1.54) is 0 Å². The molecule has 5 nitrogen and oxygen atoms in total. The van der Waals surface area contributed by atoms with Crippen LogP contribution in [-0.2, 0) is 9.59 Å². The van der Waals surface area contributed by atoms with Crippen molar-refractivity contribution in [3.05, 3.63) is 11.6 Å². The van der Waals surface area contributed by atoms with Crippen molar-refractivity contribution in [1.82, 2.24) is 5.32 Å². The molecule has 0 amide bonds. The van der Waals surface area contributed by atoms with E-state index >= 15 is 0 Å². The van der Waals surface area contributed by atoms with Gasteiger partial charge in [-0.2, -0.15) is 10.5 Å².